The fraction of sp³-hybridized carbons (Fsp3) is 0.533. The number of hydrogen-bond donors (Lipinski definition) is 2. The molecule has 1 aromatic rings. The largest absolute Gasteiger partial charge is 0.397 e. The van der Waals surface area contributed by atoms with Gasteiger partial charge in [-0.25, -0.2) is 4.39 Å². The van der Waals surface area contributed by atoms with Crippen molar-refractivity contribution in [1.29, 1.82) is 0 Å². The van der Waals surface area contributed by atoms with Gasteiger partial charge in [0.2, 0.25) is 5.91 Å². The minimum absolute atomic E-state index is 0.128. The van der Waals surface area contributed by atoms with E-state index in [4.69, 9.17) is 5.73 Å². The Morgan fingerprint density at radius 1 is 1.38 bits per heavy atom. The van der Waals surface area contributed by atoms with E-state index >= 15 is 0 Å². The highest BCUT2D eigenvalue weighted by Gasteiger charge is 2.27. The molecule has 1 amide bonds. The molecule has 21 heavy (non-hydrogen) atoms. The first kappa shape index (κ1) is 15.7. The first-order valence-corrected chi connectivity index (χ1v) is 7.16. The van der Waals surface area contributed by atoms with Gasteiger partial charge in [-0.2, -0.15) is 0 Å². The van der Waals surface area contributed by atoms with Gasteiger partial charge >= 0.3 is 0 Å². The quantitative estimate of drug-likeness (QED) is 0.827. The van der Waals surface area contributed by atoms with Crippen LogP contribution in [-0.4, -0.2) is 54.5 Å². The van der Waals surface area contributed by atoms with E-state index < -0.39 is 5.82 Å². The summed E-state index contributed by atoms with van der Waals surface area (Å²) in [6.45, 7) is 6.33. The molecule has 1 heterocycles. The number of rotatable bonds is 3. The van der Waals surface area contributed by atoms with E-state index in [2.05, 4.69) is 36.0 Å². The molecule has 5 nitrogen and oxygen atoms in total. The number of piperazine rings is 1. The number of halogens is 1. The first-order chi connectivity index (χ1) is 9.86. The molecule has 0 saturated carbocycles. The average Bonchev–Trinajstić information content (AvgIpc) is 2.39. The fourth-order valence-corrected chi connectivity index (χ4v) is 2.68. The topological polar surface area (TPSA) is 61.6 Å². The lowest BCUT2D eigenvalue weighted by Crippen LogP contribution is -2.56. The van der Waals surface area contributed by atoms with Crippen LogP contribution in [0.5, 0.6) is 0 Å². The lowest BCUT2D eigenvalue weighted by atomic mass is 10.1. The van der Waals surface area contributed by atoms with Gasteiger partial charge in [0.15, 0.2) is 0 Å². The molecule has 0 radical (unpaired) electrons. The van der Waals surface area contributed by atoms with Crippen LogP contribution < -0.4 is 11.1 Å². The summed E-state index contributed by atoms with van der Waals surface area (Å²) >= 11 is 0. The molecule has 0 aromatic heterocycles. The monoisotopic (exact) mass is 294 g/mol. The van der Waals surface area contributed by atoms with Crippen molar-refractivity contribution in [3.05, 3.63) is 24.0 Å². The number of amides is 1. The smallest absolute Gasteiger partial charge is 0.238 e. The summed E-state index contributed by atoms with van der Waals surface area (Å²) < 4.78 is 13.0. The molecule has 6 heteroatoms. The van der Waals surface area contributed by atoms with Crippen LogP contribution in [0.3, 0.4) is 0 Å². The van der Waals surface area contributed by atoms with Crippen LogP contribution in [-0.2, 0) is 4.79 Å². The van der Waals surface area contributed by atoms with E-state index in [0.29, 0.717) is 24.3 Å². The molecule has 2 unspecified atom stereocenters. The molecule has 3 N–H and O–H groups in total. The zero-order valence-corrected chi connectivity index (χ0v) is 12.8. The number of nitrogens with zero attached hydrogens (tertiary/aromatic N) is 2. The van der Waals surface area contributed by atoms with Gasteiger partial charge in [-0.1, -0.05) is 0 Å². The number of nitrogens with one attached hydrogen (secondary N) is 1. The van der Waals surface area contributed by atoms with Crippen LogP contribution in [0.2, 0.25) is 0 Å². The maximum atomic E-state index is 13.0. The van der Waals surface area contributed by atoms with Crippen molar-refractivity contribution in [3.63, 3.8) is 0 Å². The molecule has 1 aromatic carbocycles. The summed E-state index contributed by atoms with van der Waals surface area (Å²) in [5.74, 6) is -0.538. The third-order valence-electron chi connectivity index (χ3n) is 4.09. The number of carbonyl (C=O) groups excluding carboxylic acids is 1. The Kier molecular flexibility index (Phi) is 4.80. The highest BCUT2D eigenvalue weighted by atomic mass is 19.1. The molecule has 116 valence electrons. The highest BCUT2D eigenvalue weighted by Crippen LogP contribution is 2.19. The Morgan fingerprint density at radius 3 is 2.57 bits per heavy atom. The molecule has 2 rings (SSSR count). The number of benzene rings is 1. The van der Waals surface area contributed by atoms with Gasteiger partial charge in [-0.3, -0.25) is 14.6 Å². The Balaban J connectivity index is 1.93. The van der Waals surface area contributed by atoms with Crippen LogP contribution in [0.4, 0.5) is 15.8 Å². The van der Waals surface area contributed by atoms with Gasteiger partial charge in [-0.05, 0) is 39.1 Å². The lowest BCUT2D eigenvalue weighted by molar-refractivity contribution is -0.118. The van der Waals surface area contributed by atoms with Crippen molar-refractivity contribution in [1.82, 2.24) is 9.80 Å². The maximum Gasteiger partial charge on any atom is 0.238 e. The second-order valence-corrected chi connectivity index (χ2v) is 5.84. The Bertz CT molecular complexity index is 510. The standard InChI is InChI=1S/C15H23FN4O/c1-10-7-20(8-11(2)19(10)3)9-15(21)18-14-5-4-12(16)6-13(14)17/h4-6,10-11H,7-9,17H2,1-3H3,(H,18,21). The molecule has 0 bridgehead atoms. The van der Waals surface area contributed by atoms with Crippen molar-refractivity contribution in [2.24, 2.45) is 0 Å². The van der Waals surface area contributed by atoms with Gasteiger partial charge in [0.05, 0.1) is 17.9 Å². The van der Waals surface area contributed by atoms with Gasteiger partial charge in [0.1, 0.15) is 5.82 Å². The van der Waals surface area contributed by atoms with E-state index in [1.54, 1.807) is 0 Å². The Morgan fingerprint density at radius 2 is 2.00 bits per heavy atom. The second-order valence-electron chi connectivity index (χ2n) is 5.84. The second kappa shape index (κ2) is 6.41. The first-order valence-electron chi connectivity index (χ1n) is 7.16. The zero-order chi connectivity index (χ0) is 15.6. The molecular weight excluding hydrogens is 271 g/mol. The summed E-state index contributed by atoms with van der Waals surface area (Å²) in [4.78, 5) is 16.5. The SMILES string of the molecule is CC1CN(CC(=O)Nc2ccc(F)cc2N)CC(C)N1C. The third-order valence-corrected chi connectivity index (χ3v) is 4.09. The van der Waals surface area contributed by atoms with Crippen LogP contribution in [0.15, 0.2) is 18.2 Å². The predicted molar refractivity (Wildman–Crippen MR) is 82.6 cm³/mol. The normalized spacial score (nSPS) is 24.0. The fourth-order valence-electron chi connectivity index (χ4n) is 2.68. The van der Waals surface area contributed by atoms with Crippen LogP contribution in [0.1, 0.15) is 13.8 Å². The van der Waals surface area contributed by atoms with Gasteiger partial charge in [-0.15, -0.1) is 0 Å². The highest BCUT2D eigenvalue weighted by molar-refractivity contribution is 5.95. The van der Waals surface area contributed by atoms with Gasteiger partial charge < -0.3 is 11.1 Å². The van der Waals surface area contributed by atoms with Crippen molar-refractivity contribution in [2.45, 2.75) is 25.9 Å². The lowest BCUT2D eigenvalue weighted by Gasteiger charge is -2.42. The number of likely N-dealkylation sites (N-methyl/N-ethyl adjacent to an activating group) is 1. The molecule has 1 saturated heterocycles. The number of carbonyl (C=O) groups is 1. The number of anilines is 2. The van der Waals surface area contributed by atoms with Gasteiger partial charge in [0.25, 0.3) is 0 Å². The summed E-state index contributed by atoms with van der Waals surface area (Å²) in [7, 11) is 2.10. The summed E-state index contributed by atoms with van der Waals surface area (Å²) in [5, 5.41) is 2.74. The minimum Gasteiger partial charge on any atom is -0.397 e. The zero-order valence-electron chi connectivity index (χ0n) is 12.8. The van der Waals surface area contributed by atoms with Crippen LogP contribution >= 0.6 is 0 Å². The molecule has 1 aliphatic heterocycles. The van der Waals surface area contributed by atoms with Crippen molar-refractivity contribution < 1.29 is 9.18 Å². The molecular formula is C15H23FN4O. The van der Waals surface area contributed by atoms with Gasteiger partial charge in [0, 0.05) is 25.2 Å². The summed E-state index contributed by atoms with van der Waals surface area (Å²) in [5.41, 5.74) is 6.38. The average molecular weight is 294 g/mol. The molecule has 1 fully saturated rings. The number of nitrogen functional groups attached to an aromatic ring is 1. The summed E-state index contributed by atoms with van der Waals surface area (Å²) in [6, 6.07) is 4.80. The van der Waals surface area contributed by atoms with E-state index in [1.807, 2.05) is 0 Å². The van der Waals surface area contributed by atoms with Crippen molar-refractivity contribution in [2.75, 3.05) is 37.7 Å². The van der Waals surface area contributed by atoms with Crippen LogP contribution in [0.25, 0.3) is 0 Å². The minimum atomic E-state index is -0.410. The molecule has 1 aliphatic rings. The van der Waals surface area contributed by atoms with Crippen molar-refractivity contribution in [3.8, 4) is 0 Å². The number of hydrogen-bond acceptors (Lipinski definition) is 4. The van der Waals surface area contributed by atoms with E-state index in [-0.39, 0.29) is 11.6 Å². The Labute approximate surface area is 124 Å². The molecule has 0 spiro atoms. The maximum absolute atomic E-state index is 13.0. The summed E-state index contributed by atoms with van der Waals surface area (Å²) in [6.07, 6.45) is 0. The van der Waals surface area contributed by atoms with E-state index in [0.717, 1.165) is 13.1 Å². The number of nitrogens with two attached hydrogens (primary N) is 1. The molecule has 0 aliphatic carbocycles. The van der Waals surface area contributed by atoms with Crippen molar-refractivity contribution >= 4 is 17.3 Å². The third kappa shape index (κ3) is 3.92. The van der Waals surface area contributed by atoms with Crippen LogP contribution in [0, 0.1) is 5.82 Å². The predicted octanol–water partition coefficient (Wildman–Crippen LogP) is 1.37. The van der Waals surface area contributed by atoms with E-state index in [9.17, 15) is 9.18 Å². The Hall–Kier alpha value is -1.66. The molecule has 2 atom stereocenters. The van der Waals surface area contributed by atoms with E-state index in [1.165, 1.54) is 18.2 Å².